The van der Waals surface area contributed by atoms with Crippen LogP contribution in [0, 0.1) is 0 Å². The average Bonchev–Trinajstić information content (AvgIpc) is 3.36. The summed E-state index contributed by atoms with van der Waals surface area (Å²) in [6.45, 7) is 9.69. The molecule has 170 valence electrons. The molecule has 1 atom stereocenters. The molecule has 2 aliphatic heterocycles. The number of anilines is 4. The van der Waals surface area contributed by atoms with Gasteiger partial charge >= 0.3 is 0 Å². The zero-order valence-corrected chi connectivity index (χ0v) is 18.8. The second-order valence-corrected chi connectivity index (χ2v) is 8.38. The molecule has 1 N–H and O–H groups in total. The first-order valence-corrected chi connectivity index (χ1v) is 11.5. The van der Waals surface area contributed by atoms with Crippen molar-refractivity contribution in [1.82, 2.24) is 14.9 Å². The molecule has 0 saturated carbocycles. The maximum atomic E-state index is 5.92. The highest BCUT2D eigenvalue weighted by Gasteiger charge is 2.29. The molecule has 5 rings (SSSR count). The number of hydroxylamine groups is 1. The van der Waals surface area contributed by atoms with E-state index in [0.29, 0.717) is 6.61 Å². The third-order valence-corrected chi connectivity index (χ3v) is 6.23. The number of benzene rings is 2. The van der Waals surface area contributed by atoms with Crippen LogP contribution in [0.2, 0.25) is 0 Å². The van der Waals surface area contributed by atoms with Gasteiger partial charge in [0.2, 0.25) is 0 Å². The molecule has 0 bridgehead atoms. The Bertz CT molecular complexity index is 1050. The summed E-state index contributed by atoms with van der Waals surface area (Å²) < 4.78 is 0. The molecular formula is C26H30N6O. The standard InChI is InChI=1S/C26H30N6O/c1-2-13-30-14-16-31(17-15-30)23-10-8-22(9-11-23)29-25-19-26(28-20-27-25)32-24(12-18-33-32)21-6-4-3-5-7-21/h2-11,19-20,24H,1,12-18H2,(H,27,28,29)/t24-/m1/s1. The number of hydrogen-bond acceptors (Lipinski definition) is 7. The number of nitrogens with one attached hydrogen (secondary N) is 1. The Hall–Kier alpha value is -3.42. The van der Waals surface area contributed by atoms with E-state index in [2.05, 4.69) is 80.2 Å². The number of nitrogens with zero attached hydrogens (tertiary/aromatic N) is 5. The van der Waals surface area contributed by atoms with Crippen LogP contribution in [0.25, 0.3) is 0 Å². The van der Waals surface area contributed by atoms with Crippen molar-refractivity contribution in [2.45, 2.75) is 12.5 Å². The summed E-state index contributed by atoms with van der Waals surface area (Å²) in [7, 11) is 0. The van der Waals surface area contributed by atoms with Crippen LogP contribution in [0.5, 0.6) is 0 Å². The number of aromatic nitrogens is 2. The van der Waals surface area contributed by atoms with Gasteiger partial charge in [-0.3, -0.25) is 9.74 Å². The van der Waals surface area contributed by atoms with Gasteiger partial charge < -0.3 is 10.2 Å². The minimum Gasteiger partial charge on any atom is -0.369 e. The van der Waals surface area contributed by atoms with Gasteiger partial charge in [-0.05, 0) is 29.8 Å². The summed E-state index contributed by atoms with van der Waals surface area (Å²) in [5.41, 5.74) is 3.47. The van der Waals surface area contributed by atoms with E-state index in [1.54, 1.807) is 6.33 Å². The molecule has 3 heterocycles. The van der Waals surface area contributed by atoms with E-state index in [-0.39, 0.29) is 6.04 Å². The van der Waals surface area contributed by atoms with Crippen molar-refractivity contribution in [1.29, 1.82) is 0 Å². The third kappa shape index (κ3) is 4.99. The van der Waals surface area contributed by atoms with Crippen LogP contribution in [0.3, 0.4) is 0 Å². The van der Waals surface area contributed by atoms with E-state index in [0.717, 1.165) is 56.5 Å². The summed E-state index contributed by atoms with van der Waals surface area (Å²) in [6, 6.07) is 21.1. The van der Waals surface area contributed by atoms with Crippen molar-refractivity contribution in [3.63, 3.8) is 0 Å². The molecule has 0 unspecified atom stereocenters. The van der Waals surface area contributed by atoms with E-state index >= 15 is 0 Å². The van der Waals surface area contributed by atoms with Gasteiger partial charge in [0.15, 0.2) is 5.82 Å². The van der Waals surface area contributed by atoms with E-state index in [1.807, 2.05) is 23.3 Å². The quantitative estimate of drug-likeness (QED) is 0.544. The lowest BCUT2D eigenvalue weighted by atomic mass is 10.0. The van der Waals surface area contributed by atoms with Gasteiger partial charge in [0.25, 0.3) is 0 Å². The van der Waals surface area contributed by atoms with Crippen molar-refractivity contribution in [2.75, 3.05) is 54.6 Å². The second-order valence-electron chi connectivity index (χ2n) is 8.38. The maximum absolute atomic E-state index is 5.92. The zero-order valence-electron chi connectivity index (χ0n) is 18.8. The fourth-order valence-corrected chi connectivity index (χ4v) is 4.48. The highest BCUT2D eigenvalue weighted by atomic mass is 16.7. The molecule has 1 aromatic heterocycles. The van der Waals surface area contributed by atoms with Crippen molar-refractivity contribution in [2.24, 2.45) is 0 Å². The monoisotopic (exact) mass is 442 g/mol. The van der Waals surface area contributed by atoms with Crippen LogP contribution in [-0.4, -0.2) is 54.2 Å². The molecule has 0 aliphatic carbocycles. The first-order chi connectivity index (χ1) is 16.3. The Morgan fingerprint density at radius 1 is 1.00 bits per heavy atom. The summed E-state index contributed by atoms with van der Waals surface area (Å²) in [5.74, 6) is 1.50. The van der Waals surface area contributed by atoms with Crippen LogP contribution in [0.15, 0.2) is 79.6 Å². The number of hydrogen-bond donors (Lipinski definition) is 1. The molecule has 2 saturated heterocycles. The van der Waals surface area contributed by atoms with Crippen LogP contribution in [-0.2, 0) is 4.84 Å². The predicted octanol–water partition coefficient (Wildman–Crippen LogP) is 4.41. The van der Waals surface area contributed by atoms with Crippen molar-refractivity contribution >= 4 is 23.0 Å². The molecule has 7 heteroatoms. The van der Waals surface area contributed by atoms with E-state index < -0.39 is 0 Å². The van der Waals surface area contributed by atoms with E-state index in [4.69, 9.17) is 4.84 Å². The largest absolute Gasteiger partial charge is 0.369 e. The molecule has 0 amide bonds. The van der Waals surface area contributed by atoms with Crippen molar-refractivity contribution in [3.8, 4) is 0 Å². The fourth-order valence-electron chi connectivity index (χ4n) is 4.48. The van der Waals surface area contributed by atoms with Crippen LogP contribution < -0.4 is 15.3 Å². The highest BCUT2D eigenvalue weighted by molar-refractivity contribution is 5.62. The highest BCUT2D eigenvalue weighted by Crippen LogP contribution is 2.34. The SMILES string of the molecule is C=CCN1CCN(c2ccc(Nc3cc(N4OCC[C@@H]4c4ccccc4)ncn3)cc2)CC1. The minimum absolute atomic E-state index is 0.153. The summed E-state index contributed by atoms with van der Waals surface area (Å²) >= 11 is 0. The number of rotatable bonds is 7. The van der Waals surface area contributed by atoms with Gasteiger partial charge in [0, 0.05) is 56.6 Å². The molecule has 3 aromatic rings. The van der Waals surface area contributed by atoms with Gasteiger partial charge in [-0.2, -0.15) is 0 Å². The van der Waals surface area contributed by atoms with Gasteiger partial charge in [-0.25, -0.2) is 15.0 Å². The Morgan fingerprint density at radius 3 is 2.55 bits per heavy atom. The molecular weight excluding hydrogens is 412 g/mol. The smallest absolute Gasteiger partial charge is 0.158 e. The normalized spacial score (nSPS) is 19.0. The lowest BCUT2D eigenvalue weighted by Gasteiger charge is -2.35. The van der Waals surface area contributed by atoms with Crippen molar-refractivity contribution < 1.29 is 4.84 Å². The van der Waals surface area contributed by atoms with Crippen LogP contribution in [0.4, 0.5) is 23.0 Å². The third-order valence-electron chi connectivity index (χ3n) is 6.23. The molecule has 7 nitrogen and oxygen atoms in total. The second kappa shape index (κ2) is 10.0. The predicted molar refractivity (Wildman–Crippen MR) is 133 cm³/mol. The average molecular weight is 443 g/mol. The van der Waals surface area contributed by atoms with Crippen LogP contribution in [0.1, 0.15) is 18.0 Å². The summed E-state index contributed by atoms with van der Waals surface area (Å²) in [5, 5.41) is 5.31. The molecule has 0 spiro atoms. The maximum Gasteiger partial charge on any atom is 0.158 e. The Labute approximate surface area is 195 Å². The molecule has 2 aliphatic rings. The molecule has 2 aromatic carbocycles. The molecule has 2 fully saturated rings. The van der Waals surface area contributed by atoms with Crippen LogP contribution >= 0.6 is 0 Å². The minimum atomic E-state index is 0.153. The lowest BCUT2D eigenvalue weighted by Crippen LogP contribution is -2.46. The van der Waals surface area contributed by atoms with Gasteiger partial charge in [-0.1, -0.05) is 36.4 Å². The Morgan fingerprint density at radius 2 is 1.79 bits per heavy atom. The van der Waals surface area contributed by atoms with E-state index in [1.165, 1.54) is 11.3 Å². The first kappa shape index (κ1) is 21.4. The Balaban J connectivity index is 1.24. The summed E-state index contributed by atoms with van der Waals surface area (Å²) in [4.78, 5) is 19.7. The Kier molecular flexibility index (Phi) is 6.51. The summed E-state index contributed by atoms with van der Waals surface area (Å²) in [6.07, 6.45) is 4.49. The lowest BCUT2D eigenvalue weighted by molar-refractivity contribution is 0.157. The first-order valence-electron chi connectivity index (χ1n) is 11.5. The molecule has 33 heavy (non-hydrogen) atoms. The fraction of sp³-hybridized carbons (Fsp3) is 0.308. The van der Waals surface area contributed by atoms with Gasteiger partial charge in [0.05, 0.1) is 12.6 Å². The zero-order chi connectivity index (χ0) is 22.5. The topological polar surface area (TPSA) is 56.8 Å². The van der Waals surface area contributed by atoms with Gasteiger partial charge in [-0.15, -0.1) is 6.58 Å². The van der Waals surface area contributed by atoms with Gasteiger partial charge in [0.1, 0.15) is 12.1 Å². The van der Waals surface area contributed by atoms with E-state index in [9.17, 15) is 0 Å². The van der Waals surface area contributed by atoms with Crippen molar-refractivity contribution in [3.05, 3.63) is 85.2 Å². The number of piperazine rings is 1. The molecule has 0 radical (unpaired) electrons.